The largest absolute Gasteiger partial charge is 0.340 e. The molecule has 3 rings (SSSR count). The second kappa shape index (κ2) is 4.03. The van der Waals surface area contributed by atoms with Gasteiger partial charge in [0.05, 0.1) is 11.7 Å². The fraction of sp³-hybridized carbons (Fsp3) is 0. The Labute approximate surface area is 102 Å². The van der Waals surface area contributed by atoms with Crippen molar-refractivity contribution in [3.8, 4) is 0 Å². The Hall–Kier alpha value is -2.14. The molecule has 0 bridgehead atoms. The highest BCUT2D eigenvalue weighted by molar-refractivity contribution is 6.28. The van der Waals surface area contributed by atoms with E-state index in [1.165, 1.54) is 0 Å². The molecule has 2 aromatic heterocycles. The minimum absolute atomic E-state index is 0.220. The van der Waals surface area contributed by atoms with Gasteiger partial charge in [0.15, 0.2) is 0 Å². The molecule has 3 aromatic rings. The number of halogens is 1. The summed E-state index contributed by atoms with van der Waals surface area (Å²) in [7, 11) is 0. The van der Waals surface area contributed by atoms with Crippen LogP contribution in [0.2, 0.25) is 5.28 Å². The minimum atomic E-state index is 0.220. The molecule has 0 saturated heterocycles. The van der Waals surface area contributed by atoms with Crippen LogP contribution in [0.15, 0.2) is 36.7 Å². The van der Waals surface area contributed by atoms with Crippen LogP contribution in [0.25, 0.3) is 10.9 Å². The third-order valence-electron chi connectivity index (χ3n) is 2.34. The molecule has 0 saturated carbocycles. The summed E-state index contributed by atoms with van der Waals surface area (Å²) < 4.78 is 0. The van der Waals surface area contributed by atoms with Gasteiger partial charge in [0.1, 0.15) is 5.82 Å². The van der Waals surface area contributed by atoms with Crippen molar-refractivity contribution >= 4 is 34.0 Å². The van der Waals surface area contributed by atoms with Crippen molar-refractivity contribution < 1.29 is 0 Å². The van der Waals surface area contributed by atoms with E-state index in [0.29, 0.717) is 5.82 Å². The number of anilines is 2. The molecular weight excluding hydrogens is 238 g/mol. The number of benzene rings is 1. The van der Waals surface area contributed by atoms with Crippen molar-refractivity contribution in [1.82, 2.24) is 20.2 Å². The molecular formula is C11H8ClN5. The topological polar surface area (TPSA) is 66.5 Å². The Kier molecular flexibility index (Phi) is 2.38. The van der Waals surface area contributed by atoms with Gasteiger partial charge in [-0.2, -0.15) is 5.10 Å². The van der Waals surface area contributed by atoms with Crippen LogP contribution in [-0.4, -0.2) is 20.2 Å². The number of nitrogens with one attached hydrogen (secondary N) is 2. The van der Waals surface area contributed by atoms with Crippen LogP contribution in [0.3, 0.4) is 0 Å². The predicted octanol–water partition coefficient (Wildman–Crippen LogP) is 2.75. The SMILES string of the molecule is Clc1nccc(Nc2ccc3cn[nH]c3c2)n1. The summed E-state index contributed by atoms with van der Waals surface area (Å²) in [6.45, 7) is 0. The number of aromatic nitrogens is 4. The monoisotopic (exact) mass is 245 g/mol. The molecule has 0 radical (unpaired) electrons. The van der Waals surface area contributed by atoms with E-state index < -0.39 is 0 Å². The average molecular weight is 246 g/mol. The van der Waals surface area contributed by atoms with Crippen LogP contribution >= 0.6 is 11.6 Å². The number of fused-ring (bicyclic) bond motifs is 1. The molecule has 84 valence electrons. The fourth-order valence-corrected chi connectivity index (χ4v) is 1.71. The van der Waals surface area contributed by atoms with Gasteiger partial charge in [-0.3, -0.25) is 5.10 Å². The molecule has 17 heavy (non-hydrogen) atoms. The normalized spacial score (nSPS) is 10.6. The highest BCUT2D eigenvalue weighted by Crippen LogP contribution is 2.19. The zero-order chi connectivity index (χ0) is 11.7. The van der Waals surface area contributed by atoms with E-state index in [2.05, 4.69) is 25.5 Å². The predicted molar refractivity (Wildman–Crippen MR) is 66.4 cm³/mol. The maximum absolute atomic E-state index is 5.71. The lowest BCUT2D eigenvalue weighted by atomic mass is 10.2. The number of aromatic amines is 1. The van der Waals surface area contributed by atoms with Gasteiger partial charge in [0.25, 0.3) is 0 Å². The molecule has 0 aliphatic heterocycles. The minimum Gasteiger partial charge on any atom is -0.340 e. The lowest BCUT2D eigenvalue weighted by Crippen LogP contribution is -1.94. The molecule has 6 heteroatoms. The van der Waals surface area contributed by atoms with E-state index in [0.717, 1.165) is 16.6 Å². The summed E-state index contributed by atoms with van der Waals surface area (Å²) in [5.41, 5.74) is 1.88. The van der Waals surface area contributed by atoms with Crippen LogP contribution < -0.4 is 5.32 Å². The first-order valence-electron chi connectivity index (χ1n) is 5.00. The second-order valence-corrected chi connectivity index (χ2v) is 3.85. The molecule has 0 unspecified atom stereocenters. The molecule has 0 atom stereocenters. The lowest BCUT2D eigenvalue weighted by Gasteiger charge is -2.04. The summed E-state index contributed by atoms with van der Waals surface area (Å²) in [5.74, 6) is 0.656. The van der Waals surface area contributed by atoms with Crippen molar-refractivity contribution in [2.75, 3.05) is 5.32 Å². The van der Waals surface area contributed by atoms with Crippen molar-refractivity contribution in [1.29, 1.82) is 0 Å². The van der Waals surface area contributed by atoms with Gasteiger partial charge in [-0.15, -0.1) is 0 Å². The number of H-pyrrole nitrogens is 1. The molecule has 2 N–H and O–H groups in total. The standard InChI is InChI=1S/C11H8ClN5/c12-11-13-4-3-10(16-11)15-8-2-1-7-6-14-17-9(7)5-8/h1-6H,(H,14,17)(H,13,15,16). The first kappa shape index (κ1) is 10.0. The summed E-state index contributed by atoms with van der Waals surface area (Å²) in [6.07, 6.45) is 3.38. The Morgan fingerprint density at radius 3 is 3.06 bits per heavy atom. The summed E-state index contributed by atoms with van der Waals surface area (Å²) >= 11 is 5.71. The molecule has 2 heterocycles. The van der Waals surface area contributed by atoms with E-state index in [1.807, 2.05) is 18.2 Å². The summed E-state index contributed by atoms with van der Waals surface area (Å²) in [5, 5.41) is 11.3. The summed E-state index contributed by atoms with van der Waals surface area (Å²) in [6, 6.07) is 7.64. The molecule has 0 amide bonds. The van der Waals surface area contributed by atoms with E-state index >= 15 is 0 Å². The molecule has 0 aliphatic carbocycles. The van der Waals surface area contributed by atoms with Crippen molar-refractivity contribution in [2.45, 2.75) is 0 Å². The van der Waals surface area contributed by atoms with Gasteiger partial charge in [-0.25, -0.2) is 9.97 Å². The first-order chi connectivity index (χ1) is 8.31. The Morgan fingerprint density at radius 2 is 2.18 bits per heavy atom. The van der Waals surface area contributed by atoms with Crippen molar-refractivity contribution in [3.63, 3.8) is 0 Å². The van der Waals surface area contributed by atoms with Gasteiger partial charge in [0, 0.05) is 17.3 Å². The zero-order valence-corrected chi connectivity index (χ0v) is 9.44. The van der Waals surface area contributed by atoms with E-state index in [1.54, 1.807) is 18.5 Å². The van der Waals surface area contributed by atoms with E-state index in [4.69, 9.17) is 11.6 Å². The average Bonchev–Trinajstić information content (AvgIpc) is 2.76. The van der Waals surface area contributed by atoms with Crippen LogP contribution in [0.5, 0.6) is 0 Å². The quantitative estimate of drug-likeness (QED) is 0.682. The highest BCUT2D eigenvalue weighted by atomic mass is 35.5. The third kappa shape index (κ3) is 2.05. The molecule has 5 nitrogen and oxygen atoms in total. The molecule has 1 aromatic carbocycles. The number of rotatable bonds is 2. The van der Waals surface area contributed by atoms with Gasteiger partial charge in [-0.05, 0) is 35.9 Å². The maximum Gasteiger partial charge on any atom is 0.224 e. The second-order valence-electron chi connectivity index (χ2n) is 3.51. The first-order valence-corrected chi connectivity index (χ1v) is 5.38. The maximum atomic E-state index is 5.71. The van der Waals surface area contributed by atoms with Gasteiger partial charge >= 0.3 is 0 Å². The number of nitrogens with zero attached hydrogens (tertiary/aromatic N) is 3. The highest BCUT2D eigenvalue weighted by Gasteiger charge is 2.00. The Morgan fingerprint density at radius 1 is 1.24 bits per heavy atom. The van der Waals surface area contributed by atoms with Gasteiger partial charge in [0.2, 0.25) is 5.28 Å². The third-order valence-corrected chi connectivity index (χ3v) is 2.52. The summed E-state index contributed by atoms with van der Waals surface area (Å²) in [4.78, 5) is 7.87. The lowest BCUT2D eigenvalue weighted by molar-refractivity contribution is 1.12. The Balaban J connectivity index is 1.94. The van der Waals surface area contributed by atoms with Crippen LogP contribution in [-0.2, 0) is 0 Å². The van der Waals surface area contributed by atoms with Crippen LogP contribution in [0.1, 0.15) is 0 Å². The molecule has 0 spiro atoms. The van der Waals surface area contributed by atoms with Crippen LogP contribution in [0.4, 0.5) is 11.5 Å². The van der Waals surface area contributed by atoms with Crippen molar-refractivity contribution in [2.24, 2.45) is 0 Å². The zero-order valence-electron chi connectivity index (χ0n) is 8.68. The van der Waals surface area contributed by atoms with E-state index in [-0.39, 0.29) is 5.28 Å². The smallest absolute Gasteiger partial charge is 0.224 e. The van der Waals surface area contributed by atoms with Gasteiger partial charge in [-0.1, -0.05) is 0 Å². The van der Waals surface area contributed by atoms with Crippen LogP contribution in [0, 0.1) is 0 Å². The molecule has 0 fully saturated rings. The van der Waals surface area contributed by atoms with E-state index in [9.17, 15) is 0 Å². The number of hydrogen-bond acceptors (Lipinski definition) is 4. The fourth-order valence-electron chi connectivity index (χ4n) is 1.57. The Bertz CT molecular complexity index is 664. The van der Waals surface area contributed by atoms with Gasteiger partial charge < -0.3 is 5.32 Å². The number of hydrogen-bond donors (Lipinski definition) is 2. The molecule has 0 aliphatic rings. The van der Waals surface area contributed by atoms with Crippen molar-refractivity contribution in [3.05, 3.63) is 41.9 Å².